The number of aliphatic carboxylic acids is 1. The van der Waals surface area contributed by atoms with E-state index in [1.165, 1.54) is 6.20 Å². The van der Waals surface area contributed by atoms with E-state index in [4.69, 9.17) is 4.74 Å². The Morgan fingerprint density at radius 1 is 0.956 bits per heavy atom. The van der Waals surface area contributed by atoms with E-state index < -0.39 is 47.1 Å². The lowest BCUT2D eigenvalue weighted by atomic mass is 9.67. The minimum absolute atomic E-state index is 0.0101. The monoisotopic (exact) mass is 626 g/mol. The van der Waals surface area contributed by atoms with Crippen molar-refractivity contribution in [1.82, 2.24) is 15.2 Å². The molecule has 0 radical (unpaired) electrons. The number of aromatic nitrogens is 1. The maximum atomic E-state index is 14.0. The molecule has 3 N–H and O–H groups in total. The number of anilines is 1. The molecule has 5 rings (SSSR count). The van der Waals surface area contributed by atoms with E-state index in [1.54, 1.807) is 45.0 Å². The molecule has 0 saturated carbocycles. The van der Waals surface area contributed by atoms with Crippen LogP contribution in [0.5, 0.6) is 0 Å². The molecule has 10 nitrogen and oxygen atoms in total. The number of benzene rings is 3. The summed E-state index contributed by atoms with van der Waals surface area (Å²) in [5.41, 5.74) is -0.358. The summed E-state index contributed by atoms with van der Waals surface area (Å²) in [6.07, 6.45) is 0.733. The number of thiazole rings is 1. The zero-order chi connectivity index (χ0) is 32.2. The SMILES string of the molecule is CC(C)(C)OC(=O)Nc1ncc(C[C@H]2C(=O)N(C(=O)NC(c3ccccc3)c3ccccc3)[C@]2(Cc2ccccc2)C(=O)O)s1. The van der Waals surface area contributed by atoms with Gasteiger partial charge in [-0.3, -0.25) is 10.1 Å². The third kappa shape index (κ3) is 6.88. The van der Waals surface area contributed by atoms with Crippen LogP contribution in [0, 0.1) is 5.92 Å². The first kappa shape index (κ1) is 31.4. The Hall–Kier alpha value is -5.03. The molecular formula is C34H34N4O6S. The van der Waals surface area contributed by atoms with Crippen molar-refractivity contribution in [3.63, 3.8) is 0 Å². The first-order valence-electron chi connectivity index (χ1n) is 14.4. The molecule has 4 aromatic rings. The lowest BCUT2D eigenvalue weighted by Crippen LogP contribution is -2.78. The first-order valence-corrected chi connectivity index (χ1v) is 15.3. The van der Waals surface area contributed by atoms with Crippen molar-refractivity contribution >= 4 is 40.5 Å². The fourth-order valence-electron chi connectivity index (χ4n) is 5.50. The van der Waals surface area contributed by atoms with Gasteiger partial charge in [-0.05, 0) is 43.9 Å². The lowest BCUT2D eigenvalue weighted by Gasteiger charge is -2.53. The average Bonchev–Trinajstić information content (AvgIpc) is 3.45. The van der Waals surface area contributed by atoms with Crippen molar-refractivity contribution in [2.45, 2.75) is 50.8 Å². The van der Waals surface area contributed by atoms with Crippen LogP contribution < -0.4 is 10.6 Å². The van der Waals surface area contributed by atoms with Crippen molar-refractivity contribution < 1.29 is 29.0 Å². The Morgan fingerprint density at radius 3 is 2.04 bits per heavy atom. The summed E-state index contributed by atoms with van der Waals surface area (Å²) in [6.45, 7) is 5.22. The third-order valence-corrected chi connectivity index (χ3v) is 8.42. The van der Waals surface area contributed by atoms with E-state index in [2.05, 4.69) is 15.6 Å². The maximum absolute atomic E-state index is 14.0. The topological polar surface area (TPSA) is 138 Å². The Labute approximate surface area is 265 Å². The predicted molar refractivity (Wildman–Crippen MR) is 170 cm³/mol. The van der Waals surface area contributed by atoms with Crippen LogP contribution in [0.25, 0.3) is 0 Å². The van der Waals surface area contributed by atoms with Crippen LogP contribution in [0.2, 0.25) is 0 Å². The number of urea groups is 1. The van der Waals surface area contributed by atoms with Crippen molar-refractivity contribution in [3.05, 3.63) is 119 Å². The van der Waals surface area contributed by atoms with Gasteiger partial charge in [0.15, 0.2) is 10.7 Å². The summed E-state index contributed by atoms with van der Waals surface area (Å²) in [4.78, 5) is 58.9. The van der Waals surface area contributed by atoms with Gasteiger partial charge in [0.05, 0.1) is 12.0 Å². The minimum Gasteiger partial charge on any atom is -0.479 e. The summed E-state index contributed by atoms with van der Waals surface area (Å²) >= 11 is 1.11. The van der Waals surface area contributed by atoms with Gasteiger partial charge in [-0.25, -0.2) is 24.3 Å². The molecule has 0 spiro atoms. The fourth-order valence-corrected chi connectivity index (χ4v) is 6.35. The number of amides is 4. The summed E-state index contributed by atoms with van der Waals surface area (Å²) in [5, 5.41) is 16.5. The summed E-state index contributed by atoms with van der Waals surface area (Å²) in [6, 6.07) is 26.0. The van der Waals surface area contributed by atoms with Gasteiger partial charge in [0, 0.05) is 17.5 Å². The molecule has 0 aliphatic carbocycles. The number of hydrogen-bond acceptors (Lipinski definition) is 7. The quantitative estimate of drug-likeness (QED) is 0.192. The van der Waals surface area contributed by atoms with Gasteiger partial charge >= 0.3 is 18.1 Å². The normalized spacial score (nSPS) is 17.8. The van der Waals surface area contributed by atoms with Crippen LogP contribution >= 0.6 is 11.3 Å². The molecule has 11 heteroatoms. The number of carbonyl (C=O) groups is 4. The van der Waals surface area contributed by atoms with Crippen LogP contribution in [0.4, 0.5) is 14.7 Å². The van der Waals surface area contributed by atoms with Gasteiger partial charge in [0.25, 0.3) is 0 Å². The van der Waals surface area contributed by atoms with Crippen molar-refractivity contribution in [2.24, 2.45) is 5.92 Å². The lowest BCUT2D eigenvalue weighted by molar-refractivity contribution is -0.180. The minimum atomic E-state index is -1.87. The van der Waals surface area contributed by atoms with E-state index in [0.717, 1.165) is 27.4 Å². The van der Waals surface area contributed by atoms with Crippen molar-refractivity contribution in [1.29, 1.82) is 0 Å². The fraction of sp³-hybridized carbons (Fsp3) is 0.265. The van der Waals surface area contributed by atoms with Gasteiger partial charge in [-0.1, -0.05) is 91.0 Å². The molecule has 2 heterocycles. The van der Waals surface area contributed by atoms with E-state index in [-0.39, 0.29) is 18.0 Å². The smallest absolute Gasteiger partial charge is 0.413 e. The highest BCUT2D eigenvalue weighted by atomic mass is 32.1. The Morgan fingerprint density at radius 2 is 1.51 bits per heavy atom. The molecule has 2 atom stereocenters. The Bertz CT molecular complexity index is 1630. The van der Waals surface area contributed by atoms with Gasteiger partial charge in [-0.15, -0.1) is 11.3 Å². The molecule has 3 aromatic carbocycles. The molecule has 1 aliphatic heterocycles. The molecule has 4 amide bonds. The molecule has 45 heavy (non-hydrogen) atoms. The number of carbonyl (C=O) groups excluding carboxylic acids is 3. The second-order valence-corrected chi connectivity index (χ2v) is 12.9. The average molecular weight is 627 g/mol. The molecule has 1 aliphatic rings. The Kier molecular flexibility index (Phi) is 9.01. The van der Waals surface area contributed by atoms with Gasteiger partial charge in [0.1, 0.15) is 5.60 Å². The first-order chi connectivity index (χ1) is 21.5. The van der Waals surface area contributed by atoms with Gasteiger partial charge in [-0.2, -0.15) is 0 Å². The number of ether oxygens (including phenoxy) is 1. The van der Waals surface area contributed by atoms with E-state index in [9.17, 15) is 24.3 Å². The Balaban J connectivity index is 1.45. The predicted octanol–water partition coefficient (Wildman–Crippen LogP) is 6.06. The number of nitrogens with zero attached hydrogens (tertiary/aromatic N) is 2. The number of imide groups is 1. The molecule has 1 aromatic heterocycles. The second-order valence-electron chi connectivity index (χ2n) is 11.8. The third-order valence-electron chi connectivity index (χ3n) is 7.48. The molecule has 0 unspecified atom stereocenters. The zero-order valence-corrected chi connectivity index (χ0v) is 25.9. The number of β-lactam (4-membered cyclic amide) rings is 1. The van der Waals surface area contributed by atoms with Crippen molar-refractivity contribution in [2.75, 3.05) is 5.32 Å². The van der Waals surface area contributed by atoms with Crippen LogP contribution in [-0.4, -0.2) is 50.1 Å². The van der Waals surface area contributed by atoms with Crippen LogP contribution in [0.3, 0.4) is 0 Å². The van der Waals surface area contributed by atoms with Crippen molar-refractivity contribution in [3.8, 4) is 0 Å². The van der Waals surface area contributed by atoms with Crippen LogP contribution in [-0.2, 0) is 27.2 Å². The molecule has 0 bridgehead atoms. The van der Waals surface area contributed by atoms with E-state index in [1.807, 2.05) is 66.7 Å². The second kappa shape index (κ2) is 12.9. The standard InChI is InChI=1S/C34H34N4O6S/c1-33(2,3)44-32(43)37-30-35-21-25(45-30)19-26-28(39)38(34(26,29(40)41)20-22-13-7-4-8-14-22)31(42)36-27(23-15-9-5-10-16-23)24-17-11-6-12-18-24/h4-18,21,26-27H,19-20H2,1-3H3,(H,36,42)(H,40,41)(H,35,37,43)/t26-,34-/m0/s1. The number of likely N-dealkylation sites (tertiary alicyclic amines) is 1. The summed E-state index contributed by atoms with van der Waals surface area (Å²) < 4.78 is 5.28. The molecular weight excluding hydrogens is 592 g/mol. The number of carboxylic acid groups (broad SMARTS) is 1. The largest absolute Gasteiger partial charge is 0.479 e. The summed E-state index contributed by atoms with van der Waals surface area (Å²) in [5.74, 6) is -2.97. The van der Waals surface area contributed by atoms with Crippen LogP contribution in [0.15, 0.2) is 97.2 Å². The summed E-state index contributed by atoms with van der Waals surface area (Å²) in [7, 11) is 0. The van der Waals surface area contributed by atoms with Gasteiger partial charge in [0.2, 0.25) is 5.91 Å². The van der Waals surface area contributed by atoms with Gasteiger partial charge < -0.3 is 15.2 Å². The molecule has 1 saturated heterocycles. The number of hydrogen-bond donors (Lipinski definition) is 3. The zero-order valence-electron chi connectivity index (χ0n) is 25.1. The maximum Gasteiger partial charge on any atom is 0.413 e. The number of nitrogens with one attached hydrogen (secondary N) is 2. The van der Waals surface area contributed by atoms with E-state index in [0.29, 0.717) is 10.4 Å². The number of carboxylic acids is 1. The highest BCUT2D eigenvalue weighted by molar-refractivity contribution is 7.15. The number of rotatable bonds is 9. The molecule has 1 fully saturated rings. The highest BCUT2D eigenvalue weighted by Crippen LogP contribution is 2.44. The highest BCUT2D eigenvalue weighted by Gasteiger charge is 2.67. The molecule has 232 valence electrons. The van der Waals surface area contributed by atoms with Crippen LogP contribution in [0.1, 0.15) is 48.4 Å². The van der Waals surface area contributed by atoms with E-state index >= 15 is 0 Å².